The molecule has 4 rings (SSSR count). The second-order valence-electron chi connectivity index (χ2n) is 6.86. The molecular weight excluding hydrogens is 403 g/mol. The lowest BCUT2D eigenvalue weighted by molar-refractivity contribution is -0.384. The molecule has 8 heteroatoms. The molecule has 1 aliphatic rings. The third-order valence-corrected chi connectivity index (χ3v) is 4.99. The Kier molecular flexibility index (Phi) is 5.04. The Morgan fingerprint density at radius 1 is 0.968 bits per heavy atom. The molecule has 0 aromatic heterocycles. The van der Waals surface area contributed by atoms with Crippen LogP contribution in [0.2, 0.25) is 0 Å². The van der Waals surface area contributed by atoms with Gasteiger partial charge in [-0.25, -0.2) is 4.39 Å². The fourth-order valence-corrected chi connectivity index (χ4v) is 3.58. The van der Waals surface area contributed by atoms with Gasteiger partial charge in [-0.15, -0.1) is 0 Å². The first kappa shape index (κ1) is 20.0. The van der Waals surface area contributed by atoms with E-state index in [9.17, 15) is 29.2 Å². The fraction of sp³-hybridized carbons (Fsp3) is 0.0435. The highest BCUT2D eigenvalue weighted by molar-refractivity contribution is 6.51. The van der Waals surface area contributed by atoms with Gasteiger partial charge in [0.05, 0.1) is 16.5 Å². The number of amides is 1. The SMILES string of the molecule is O=C1C(=O)N(c2ccc(F)cc2)C(c2cccc([N+](=O)[O-])c2)C1=C(O)c1ccccc1. The topological polar surface area (TPSA) is 101 Å². The third kappa shape index (κ3) is 3.55. The Balaban J connectivity index is 1.97. The summed E-state index contributed by atoms with van der Waals surface area (Å²) in [6, 6.07) is 17.5. The van der Waals surface area contributed by atoms with Crippen LogP contribution in [0.5, 0.6) is 0 Å². The lowest BCUT2D eigenvalue weighted by atomic mass is 9.95. The van der Waals surface area contributed by atoms with Crippen molar-refractivity contribution in [2.75, 3.05) is 4.90 Å². The molecule has 1 saturated heterocycles. The zero-order chi connectivity index (χ0) is 22.1. The Labute approximate surface area is 175 Å². The largest absolute Gasteiger partial charge is 0.507 e. The molecule has 1 aliphatic heterocycles. The van der Waals surface area contributed by atoms with Gasteiger partial charge in [0.25, 0.3) is 17.4 Å². The van der Waals surface area contributed by atoms with E-state index in [1.165, 1.54) is 36.4 Å². The number of non-ortho nitro benzene ring substituents is 1. The molecule has 3 aromatic carbocycles. The van der Waals surface area contributed by atoms with E-state index in [-0.39, 0.29) is 22.5 Å². The molecule has 0 aliphatic carbocycles. The minimum Gasteiger partial charge on any atom is -0.507 e. The average Bonchev–Trinajstić information content (AvgIpc) is 3.05. The Morgan fingerprint density at radius 3 is 2.29 bits per heavy atom. The van der Waals surface area contributed by atoms with Gasteiger partial charge >= 0.3 is 0 Å². The van der Waals surface area contributed by atoms with Crippen LogP contribution in [0, 0.1) is 15.9 Å². The van der Waals surface area contributed by atoms with E-state index in [2.05, 4.69) is 0 Å². The monoisotopic (exact) mass is 418 g/mol. The smallest absolute Gasteiger partial charge is 0.300 e. The number of carbonyl (C=O) groups is 2. The maximum absolute atomic E-state index is 13.4. The third-order valence-electron chi connectivity index (χ3n) is 4.99. The van der Waals surface area contributed by atoms with Crippen LogP contribution < -0.4 is 4.90 Å². The number of aliphatic hydroxyl groups excluding tert-OH is 1. The van der Waals surface area contributed by atoms with Gasteiger partial charge in [-0.05, 0) is 29.8 Å². The number of halogens is 1. The maximum atomic E-state index is 13.4. The summed E-state index contributed by atoms with van der Waals surface area (Å²) in [6.45, 7) is 0. The predicted molar refractivity (Wildman–Crippen MR) is 111 cm³/mol. The summed E-state index contributed by atoms with van der Waals surface area (Å²) in [6.07, 6.45) is 0. The van der Waals surface area contributed by atoms with Crippen molar-refractivity contribution in [3.05, 3.63) is 111 Å². The highest BCUT2D eigenvalue weighted by Crippen LogP contribution is 2.42. The fourth-order valence-electron chi connectivity index (χ4n) is 3.58. The zero-order valence-electron chi connectivity index (χ0n) is 15.9. The van der Waals surface area contributed by atoms with Gasteiger partial charge in [0.1, 0.15) is 11.6 Å². The second kappa shape index (κ2) is 7.83. The summed E-state index contributed by atoms with van der Waals surface area (Å²) in [4.78, 5) is 37.7. The normalized spacial score (nSPS) is 17.7. The number of benzene rings is 3. The minimum absolute atomic E-state index is 0.207. The molecule has 1 heterocycles. The van der Waals surface area contributed by atoms with Crippen LogP contribution in [0.1, 0.15) is 17.2 Å². The molecular formula is C23H15FN2O5. The first-order chi connectivity index (χ1) is 14.9. The zero-order valence-corrected chi connectivity index (χ0v) is 15.9. The van der Waals surface area contributed by atoms with Gasteiger partial charge in [0.15, 0.2) is 0 Å². The molecule has 3 aromatic rings. The Bertz CT molecular complexity index is 1220. The van der Waals surface area contributed by atoms with Crippen molar-refractivity contribution >= 4 is 28.8 Å². The van der Waals surface area contributed by atoms with Crippen LogP contribution in [0.3, 0.4) is 0 Å². The van der Waals surface area contributed by atoms with Crippen molar-refractivity contribution in [2.24, 2.45) is 0 Å². The molecule has 0 spiro atoms. The summed E-state index contributed by atoms with van der Waals surface area (Å²) >= 11 is 0. The Morgan fingerprint density at radius 2 is 1.65 bits per heavy atom. The van der Waals surface area contributed by atoms with Crippen molar-refractivity contribution in [1.29, 1.82) is 0 Å². The van der Waals surface area contributed by atoms with E-state index in [1.54, 1.807) is 30.3 Å². The second-order valence-corrected chi connectivity index (χ2v) is 6.86. The average molecular weight is 418 g/mol. The van der Waals surface area contributed by atoms with E-state index in [0.717, 1.165) is 17.0 Å². The number of nitrogens with zero attached hydrogens (tertiary/aromatic N) is 2. The van der Waals surface area contributed by atoms with Crippen LogP contribution in [-0.4, -0.2) is 21.7 Å². The number of anilines is 1. The summed E-state index contributed by atoms with van der Waals surface area (Å²) < 4.78 is 13.4. The van der Waals surface area contributed by atoms with Gasteiger partial charge in [0.2, 0.25) is 0 Å². The lowest BCUT2D eigenvalue weighted by Crippen LogP contribution is -2.29. The van der Waals surface area contributed by atoms with Crippen molar-refractivity contribution in [3.63, 3.8) is 0 Å². The highest BCUT2D eigenvalue weighted by atomic mass is 19.1. The number of rotatable bonds is 4. The molecule has 1 N–H and O–H groups in total. The predicted octanol–water partition coefficient (Wildman–Crippen LogP) is 4.36. The van der Waals surface area contributed by atoms with Crippen LogP contribution in [-0.2, 0) is 9.59 Å². The van der Waals surface area contributed by atoms with Crippen LogP contribution in [0.25, 0.3) is 5.76 Å². The quantitative estimate of drug-likeness (QED) is 0.223. The molecule has 0 saturated carbocycles. The van der Waals surface area contributed by atoms with Crippen LogP contribution >= 0.6 is 0 Å². The van der Waals surface area contributed by atoms with E-state index in [0.29, 0.717) is 5.56 Å². The number of Topliss-reactive ketones (excluding diaryl/α,β-unsaturated/α-hetero) is 1. The first-order valence-corrected chi connectivity index (χ1v) is 9.25. The lowest BCUT2D eigenvalue weighted by Gasteiger charge is -2.25. The standard InChI is InChI=1S/C23H15FN2O5/c24-16-9-11-17(12-10-16)25-20(15-7-4-8-18(13-15)26(30)31)19(22(28)23(25)29)21(27)14-5-2-1-3-6-14/h1-13,20,27H. The number of hydrogen-bond donors (Lipinski definition) is 1. The molecule has 0 bridgehead atoms. The van der Waals surface area contributed by atoms with E-state index in [4.69, 9.17) is 0 Å². The van der Waals surface area contributed by atoms with Crippen LogP contribution in [0.4, 0.5) is 15.8 Å². The summed E-state index contributed by atoms with van der Waals surface area (Å²) in [5.74, 6) is -2.81. The van der Waals surface area contributed by atoms with Crippen molar-refractivity contribution in [1.82, 2.24) is 0 Å². The molecule has 1 unspecified atom stereocenters. The van der Waals surface area contributed by atoms with Crippen LogP contribution in [0.15, 0.2) is 84.4 Å². The number of nitro groups is 1. The number of hydrogen-bond acceptors (Lipinski definition) is 5. The number of aliphatic hydroxyl groups is 1. The minimum atomic E-state index is -1.13. The molecule has 1 atom stereocenters. The van der Waals surface area contributed by atoms with E-state index in [1.807, 2.05) is 0 Å². The van der Waals surface area contributed by atoms with Crippen molar-refractivity contribution < 1.29 is 24.0 Å². The molecule has 1 amide bonds. The molecule has 0 radical (unpaired) electrons. The summed E-state index contributed by atoms with van der Waals surface area (Å²) in [5.41, 5.74) is 0.347. The first-order valence-electron chi connectivity index (χ1n) is 9.25. The molecule has 31 heavy (non-hydrogen) atoms. The maximum Gasteiger partial charge on any atom is 0.300 e. The van der Waals surface area contributed by atoms with E-state index >= 15 is 0 Å². The number of nitro benzene ring substituents is 1. The van der Waals surface area contributed by atoms with Gasteiger partial charge < -0.3 is 5.11 Å². The molecule has 154 valence electrons. The molecule has 7 nitrogen and oxygen atoms in total. The van der Waals surface area contributed by atoms with Gasteiger partial charge in [-0.2, -0.15) is 0 Å². The Hall–Kier alpha value is -4.33. The van der Waals surface area contributed by atoms with Gasteiger partial charge in [-0.1, -0.05) is 42.5 Å². The van der Waals surface area contributed by atoms with Crippen molar-refractivity contribution in [3.8, 4) is 0 Å². The van der Waals surface area contributed by atoms with Crippen molar-refractivity contribution in [2.45, 2.75) is 6.04 Å². The summed E-state index contributed by atoms with van der Waals surface area (Å²) in [5, 5.41) is 22.2. The number of ketones is 1. The van der Waals surface area contributed by atoms with E-state index < -0.39 is 34.2 Å². The molecule has 1 fully saturated rings. The van der Waals surface area contributed by atoms with Gasteiger partial charge in [0, 0.05) is 23.4 Å². The highest BCUT2D eigenvalue weighted by Gasteiger charge is 2.47. The number of carbonyl (C=O) groups excluding carboxylic acids is 2. The summed E-state index contributed by atoms with van der Waals surface area (Å²) in [7, 11) is 0. The van der Waals surface area contributed by atoms with Gasteiger partial charge in [-0.3, -0.25) is 24.6 Å².